The number of aromatic nitrogens is 4. The van der Waals surface area contributed by atoms with Gasteiger partial charge in [-0.1, -0.05) is 127 Å². The molecule has 0 saturated carbocycles. The molecule has 15 aromatic rings. The highest BCUT2D eigenvalue weighted by Gasteiger charge is 2.25. The molecule has 7 heteroatoms. The molecule has 0 fully saturated rings. The van der Waals surface area contributed by atoms with Gasteiger partial charge in [-0.25, -0.2) is 15.0 Å². The molecular weight excluding hydrogens is 829 g/mol. The van der Waals surface area contributed by atoms with Gasteiger partial charge in [-0.05, 0) is 88.3 Å². The lowest BCUT2D eigenvalue weighted by Gasteiger charge is -2.15. The molecule has 15 rings (SSSR count). The summed E-state index contributed by atoms with van der Waals surface area (Å²) in [6.07, 6.45) is 0. The summed E-state index contributed by atoms with van der Waals surface area (Å²) in [6.45, 7) is 0. The fourth-order valence-corrected chi connectivity index (χ4v) is 11.6. The summed E-state index contributed by atoms with van der Waals surface area (Å²) in [6, 6.07) is 68.6. The van der Waals surface area contributed by atoms with Crippen molar-refractivity contribution in [2.24, 2.45) is 0 Å². The van der Waals surface area contributed by atoms with Crippen LogP contribution in [0.1, 0.15) is 0 Å². The van der Waals surface area contributed by atoms with Crippen molar-refractivity contribution in [3.05, 3.63) is 194 Å². The number of benzene rings is 10. The molecule has 306 valence electrons. The summed E-state index contributed by atoms with van der Waals surface area (Å²) in [7, 11) is 0. The highest BCUT2D eigenvalue weighted by Crippen LogP contribution is 2.45. The molecule has 5 heterocycles. The number of hydrogen-bond acceptors (Lipinski definition) is 6. The van der Waals surface area contributed by atoms with E-state index < -0.39 is 0 Å². The second-order valence-electron chi connectivity index (χ2n) is 17.1. The predicted molar refractivity (Wildman–Crippen MR) is 273 cm³/mol. The molecule has 0 aliphatic heterocycles. The Labute approximate surface area is 379 Å². The molecule has 0 atom stereocenters. The summed E-state index contributed by atoms with van der Waals surface area (Å²) < 4.78 is 18.2. The molecule has 0 aliphatic rings. The van der Waals surface area contributed by atoms with Crippen LogP contribution in [0.2, 0.25) is 0 Å². The average Bonchev–Trinajstić information content (AvgIpc) is 4.13. The molecule has 0 radical (unpaired) electrons. The quantitative estimate of drug-likeness (QED) is 0.176. The van der Waals surface area contributed by atoms with E-state index in [1.165, 1.54) is 26.2 Å². The van der Waals surface area contributed by atoms with Gasteiger partial charge in [-0.3, -0.25) is 0 Å². The molecule has 6 nitrogen and oxygen atoms in total. The van der Waals surface area contributed by atoms with Gasteiger partial charge < -0.3 is 13.4 Å². The fourth-order valence-electron chi connectivity index (χ4n) is 10.4. The van der Waals surface area contributed by atoms with E-state index in [0.29, 0.717) is 17.5 Å². The maximum absolute atomic E-state index is 6.85. The molecule has 0 spiro atoms. The Balaban J connectivity index is 1.09. The molecule has 0 aliphatic carbocycles. The van der Waals surface area contributed by atoms with Crippen molar-refractivity contribution in [2.75, 3.05) is 0 Å². The molecule has 10 aromatic carbocycles. The minimum atomic E-state index is 0.521. The average molecular weight is 861 g/mol. The third kappa shape index (κ3) is 5.14. The normalized spacial score (nSPS) is 12.2. The molecule has 0 unspecified atom stereocenters. The number of fused-ring (bicyclic) bond motifs is 14. The standard InChI is InChI=1S/C59H32N4O2S/c1-3-15-35-29-49-44(27-33(35)13-1)37-17-5-8-24-48(37)63(49)50-31-46-45-28-34-14-2-4-16-36(34)30-52(45)64-53(46)32-47(50)59-61-57(42-22-11-20-40-38-18-6-9-25-51(38)65-55(40)42)60-58(62-59)43-23-12-21-41-39-19-7-10-26-54(39)66-56(41)43/h1-32H. The Bertz CT molecular complexity index is 4420. The predicted octanol–water partition coefficient (Wildman–Crippen LogP) is 16.4. The van der Waals surface area contributed by atoms with E-state index in [9.17, 15) is 0 Å². The first kappa shape index (κ1) is 35.8. The molecule has 0 N–H and O–H groups in total. The van der Waals surface area contributed by atoms with Crippen LogP contribution in [0.5, 0.6) is 0 Å². The van der Waals surface area contributed by atoms with Crippen molar-refractivity contribution in [1.82, 2.24) is 19.5 Å². The number of rotatable bonds is 4. The van der Waals surface area contributed by atoms with Crippen molar-refractivity contribution in [3.63, 3.8) is 0 Å². The Kier molecular flexibility index (Phi) is 7.28. The van der Waals surface area contributed by atoms with E-state index in [1.54, 1.807) is 11.3 Å². The van der Waals surface area contributed by atoms with Crippen molar-refractivity contribution in [2.45, 2.75) is 0 Å². The second kappa shape index (κ2) is 13.4. The van der Waals surface area contributed by atoms with Crippen LogP contribution in [0.15, 0.2) is 203 Å². The lowest BCUT2D eigenvalue weighted by molar-refractivity contribution is 0.669. The monoisotopic (exact) mass is 860 g/mol. The smallest absolute Gasteiger partial charge is 0.167 e. The van der Waals surface area contributed by atoms with E-state index in [1.807, 2.05) is 18.2 Å². The summed E-state index contributed by atoms with van der Waals surface area (Å²) in [5.74, 6) is 1.62. The maximum atomic E-state index is 6.85. The number of furan rings is 2. The summed E-state index contributed by atoms with van der Waals surface area (Å²) >= 11 is 1.76. The van der Waals surface area contributed by atoms with E-state index in [-0.39, 0.29) is 0 Å². The molecular formula is C59H32N4O2S. The van der Waals surface area contributed by atoms with Crippen LogP contribution in [0.25, 0.3) is 147 Å². The van der Waals surface area contributed by atoms with Gasteiger partial charge in [0.2, 0.25) is 0 Å². The van der Waals surface area contributed by atoms with Gasteiger partial charge in [-0.2, -0.15) is 0 Å². The number of hydrogen-bond donors (Lipinski definition) is 0. The zero-order valence-corrected chi connectivity index (χ0v) is 35.8. The van der Waals surface area contributed by atoms with E-state index in [0.717, 1.165) is 104 Å². The largest absolute Gasteiger partial charge is 0.456 e. The van der Waals surface area contributed by atoms with Crippen LogP contribution in [0, 0.1) is 0 Å². The highest BCUT2D eigenvalue weighted by molar-refractivity contribution is 7.26. The van der Waals surface area contributed by atoms with Crippen molar-refractivity contribution >= 4 is 119 Å². The van der Waals surface area contributed by atoms with Crippen LogP contribution in [-0.2, 0) is 0 Å². The van der Waals surface area contributed by atoms with Crippen LogP contribution < -0.4 is 0 Å². The van der Waals surface area contributed by atoms with Gasteiger partial charge in [0.25, 0.3) is 0 Å². The number of para-hydroxylation sites is 3. The molecule has 66 heavy (non-hydrogen) atoms. The van der Waals surface area contributed by atoms with E-state index in [4.69, 9.17) is 23.8 Å². The third-order valence-corrected chi connectivity index (χ3v) is 14.6. The zero-order valence-electron chi connectivity index (χ0n) is 35.0. The Morgan fingerprint density at radius 3 is 1.74 bits per heavy atom. The van der Waals surface area contributed by atoms with Gasteiger partial charge in [0.15, 0.2) is 17.5 Å². The molecule has 5 aromatic heterocycles. The molecule has 0 amide bonds. The first-order valence-electron chi connectivity index (χ1n) is 22.1. The first-order valence-corrected chi connectivity index (χ1v) is 22.9. The van der Waals surface area contributed by atoms with Crippen molar-refractivity contribution in [1.29, 1.82) is 0 Å². The second-order valence-corrected chi connectivity index (χ2v) is 18.2. The Morgan fingerprint density at radius 2 is 0.924 bits per heavy atom. The molecule has 0 bridgehead atoms. The lowest BCUT2D eigenvalue weighted by Crippen LogP contribution is -2.04. The lowest BCUT2D eigenvalue weighted by atomic mass is 10.0. The van der Waals surface area contributed by atoms with Crippen LogP contribution in [0.4, 0.5) is 0 Å². The van der Waals surface area contributed by atoms with Crippen molar-refractivity contribution < 1.29 is 8.83 Å². The summed E-state index contributed by atoms with van der Waals surface area (Å²) in [5.41, 5.74) is 8.77. The minimum Gasteiger partial charge on any atom is -0.456 e. The minimum absolute atomic E-state index is 0.521. The summed E-state index contributed by atoms with van der Waals surface area (Å²) in [4.78, 5) is 16.4. The Morgan fingerprint density at radius 1 is 0.348 bits per heavy atom. The third-order valence-electron chi connectivity index (χ3n) is 13.4. The van der Waals surface area contributed by atoms with Crippen LogP contribution >= 0.6 is 11.3 Å². The van der Waals surface area contributed by atoms with Crippen LogP contribution in [0.3, 0.4) is 0 Å². The first-order chi connectivity index (χ1) is 32.7. The molecule has 0 saturated heterocycles. The van der Waals surface area contributed by atoms with Crippen molar-refractivity contribution in [3.8, 4) is 39.9 Å². The SMILES string of the molecule is c1ccc2cc3c(cc2c1)oc1cc(-c2nc(-c4cccc5c4oc4ccccc45)nc(-c4cccc5c4sc4ccccc45)n2)c(-n2c4ccccc4c4cc5ccccc5cc42)cc13. The van der Waals surface area contributed by atoms with Gasteiger partial charge in [0.1, 0.15) is 22.3 Å². The van der Waals surface area contributed by atoms with E-state index >= 15 is 0 Å². The van der Waals surface area contributed by atoms with Gasteiger partial charge in [0, 0.05) is 63.6 Å². The highest BCUT2D eigenvalue weighted by atomic mass is 32.1. The number of thiophene rings is 1. The summed E-state index contributed by atoms with van der Waals surface area (Å²) in [5, 5.41) is 13.5. The Hall–Kier alpha value is -8.65. The van der Waals surface area contributed by atoms with Gasteiger partial charge in [-0.15, -0.1) is 11.3 Å². The fraction of sp³-hybridized carbons (Fsp3) is 0. The van der Waals surface area contributed by atoms with E-state index in [2.05, 4.69) is 180 Å². The topological polar surface area (TPSA) is 69.9 Å². The maximum Gasteiger partial charge on any atom is 0.167 e. The number of nitrogens with zero attached hydrogens (tertiary/aromatic N) is 4. The zero-order chi connectivity index (χ0) is 43.0. The van der Waals surface area contributed by atoms with Gasteiger partial charge in [0.05, 0.1) is 22.3 Å². The van der Waals surface area contributed by atoms with Gasteiger partial charge >= 0.3 is 0 Å². The van der Waals surface area contributed by atoms with Crippen LogP contribution in [-0.4, -0.2) is 19.5 Å².